The van der Waals surface area contributed by atoms with Crippen molar-refractivity contribution in [3.05, 3.63) is 46.3 Å². The van der Waals surface area contributed by atoms with Gasteiger partial charge >= 0.3 is 0 Å². The van der Waals surface area contributed by atoms with Crippen LogP contribution >= 0.6 is 11.3 Å². The minimum absolute atomic E-state index is 0.208. The van der Waals surface area contributed by atoms with Crippen molar-refractivity contribution in [3.63, 3.8) is 0 Å². The van der Waals surface area contributed by atoms with E-state index in [0.717, 1.165) is 49.6 Å². The van der Waals surface area contributed by atoms with Crippen LogP contribution in [0.15, 0.2) is 30.3 Å². The molecule has 0 saturated carbocycles. The summed E-state index contributed by atoms with van der Waals surface area (Å²) in [5.74, 6) is 0.765. The van der Waals surface area contributed by atoms with Crippen LogP contribution in [0.2, 0.25) is 0 Å². The number of hydrogen-bond donors (Lipinski definition) is 0. The fourth-order valence-electron chi connectivity index (χ4n) is 3.25. The molecule has 2 aliphatic heterocycles. The van der Waals surface area contributed by atoms with Crippen molar-refractivity contribution in [3.8, 4) is 10.4 Å². The molecule has 3 nitrogen and oxygen atoms in total. The number of nitrogens with zero attached hydrogens (tertiary/aromatic N) is 1. The predicted octanol–water partition coefficient (Wildman–Crippen LogP) is 4.07. The minimum atomic E-state index is 0.208. The van der Waals surface area contributed by atoms with E-state index in [9.17, 15) is 4.79 Å². The normalized spacial score (nSPS) is 18.2. The van der Waals surface area contributed by atoms with Gasteiger partial charge in [-0.05, 0) is 42.5 Å². The Morgan fingerprint density at radius 1 is 1.17 bits per heavy atom. The number of rotatable bonds is 3. The van der Waals surface area contributed by atoms with E-state index >= 15 is 0 Å². The molecule has 23 heavy (non-hydrogen) atoms. The highest BCUT2D eigenvalue weighted by Gasteiger charge is 2.23. The third kappa shape index (κ3) is 2.81. The van der Waals surface area contributed by atoms with Gasteiger partial charge in [-0.25, -0.2) is 0 Å². The van der Waals surface area contributed by atoms with E-state index in [0.29, 0.717) is 5.92 Å². The Bertz CT molecular complexity index is 709. The molecule has 0 spiro atoms. The number of carbonyl (C=O) groups excluding carboxylic acids is 1. The van der Waals surface area contributed by atoms with Gasteiger partial charge in [0.1, 0.15) is 0 Å². The zero-order chi connectivity index (χ0) is 15.8. The SMILES string of the molecule is Cc1cc(-c2ccc(C3COC3)cc2)sc1C(=O)N1CCCC1. The fraction of sp³-hybridized carbons (Fsp3) is 0.421. The first-order valence-corrected chi connectivity index (χ1v) is 9.12. The van der Waals surface area contributed by atoms with E-state index in [1.807, 2.05) is 11.8 Å². The Morgan fingerprint density at radius 2 is 1.87 bits per heavy atom. The number of hydrogen-bond acceptors (Lipinski definition) is 3. The lowest BCUT2D eigenvalue weighted by molar-refractivity contribution is 0.00843. The van der Waals surface area contributed by atoms with Crippen LogP contribution in [0.4, 0.5) is 0 Å². The quantitative estimate of drug-likeness (QED) is 0.850. The molecule has 2 aliphatic rings. The van der Waals surface area contributed by atoms with Gasteiger partial charge in [-0.1, -0.05) is 24.3 Å². The van der Waals surface area contributed by atoms with Crippen molar-refractivity contribution < 1.29 is 9.53 Å². The summed E-state index contributed by atoms with van der Waals surface area (Å²) >= 11 is 1.63. The second kappa shape index (κ2) is 6.10. The third-order valence-corrected chi connectivity index (χ3v) is 6.08. The van der Waals surface area contributed by atoms with Gasteiger partial charge in [-0.2, -0.15) is 0 Å². The van der Waals surface area contributed by atoms with Crippen molar-refractivity contribution in [2.24, 2.45) is 0 Å². The first-order valence-electron chi connectivity index (χ1n) is 8.30. The molecular weight excluding hydrogens is 306 g/mol. The molecule has 0 unspecified atom stereocenters. The number of likely N-dealkylation sites (tertiary alicyclic amines) is 1. The fourth-order valence-corrected chi connectivity index (χ4v) is 4.39. The van der Waals surface area contributed by atoms with Gasteiger partial charge in [0, 0.05) is 23.9 Å². The van der Waals surface area contributed by atoms with Crippen LogP contribution < -0.4 is 0 Å². The average Bonchev–Trinajstić information content (AvgIpc) is 3.15. The van der Waals surface area contributed by atoms with Crippen LogP contribution in [0.1, 0.15) is 39.6 Å². The average molecular weight is 327 g/mol. The molecular formula is C19H21NO2S. The summed E-state index contributed by atoms with van der Waals surface area (Å²) in [7, 11) is 0. The monoisotopic (exact) mass is 327 g/mol. The van der Waals surface area contributed by atoms with Gasteiger partial charge in [-0.3, -0.25) is 4.79 Å². The number of amides is 1. The maximum absolute atomic E-state index is 12.6. The lowest BCUT2D eigenvalue weighted by atomic mass is 9.96. The highest BCUT2D eigenvalue weighted by molar-refractivity contribution is 7.17. The molecule has 4 rings (SSSR count). The Balaban J connectivity index is 1.57. The molecule has 2 aromatic rings. The van der Waals surface area contributed by atoms with Crippen LogP contribution in [0.3, 0.4) is 0 Å². The van der Waals surface area contributed by atoms with E-state index in [2.05, 4.69) is 30.3 Å². The zero-order valence-corrected chi connectivity index (χ0v) is 14.2. The Labute approximate surface area is 140 Å². The Hall–Kier alpha value is -1.65. The number of ether oxygens (including phenoxy) is 1. The van der Waals surface area contributed by atoms with E-state index in [1.54, 1.807) is 11.3 Å². The van der Waals surface area contributed by atoms with Gasteiger partial charge in [0.25, 0.3) is 5.91 Å². The number of carbonyl (C=O) groups is 1. The molecule has 1 aromatic carbocycles. The molecule has 0 atom stereocenters. The second-order valence-electron chi connectivity index (χ2n) is 6.48. The molecule has 2 fully saturated rings. The van der Waals surface area contributed by atoms with Crippen molar-refractivity contribution in [2.75, 3.05) is 26.3 Å². The molecule has 120 valence electrons. The summed E-state index contributed by atoms with van der Waals surface area (Å²) in [6.45, 7) is 5.54. The van der Waals surface area contributed by atoms with Crippen LogP contribution in [0, 0.1) is 6.92 Å². The van der Waals surface area contributed by atoms with Gasteiger partial charge in [0.2, 0.25) is 0 Å². The summed E-state index contributed by atoms with van der Waals surface area (Å²) in [5, 5.41) is 0. The molecule has 2 saturated heterocycles. The zero-order valence-electron chi connectivity index (χ0n) is 13.4. The molecule has 0 aliphatic carbocycles. The molecule has 0 bridgehead atoms. The van der Waals surface area contributed by atoms with E-state index in [1.165, 1.54) is 16.0 Å². The summed E-state index contributed by atoms with van der Waals surface area (Å²) in [4.78, 5) is 16.7. The summed E-state index contributed by atoms with van der Waals surface area (Å²) in [6.07, 6.45) is 2.27. The van der Waals surface area contributed by atoms with Crippen molar-refractivity contribution in [1.82, 2.24) is 4.90 Å². The Morgan fingerprint density at radius 3 is 2.48 bits per heavy atom. The van der Waals surface area contributed by atoms with Gasteiger partial charge in [0.15, 0.2) is 0 Å². The van der Waals surface area contributed by atoms with Gasteiger partial charge < -0.3 is 9.64 Å². The van der Waals surface area contributed by atoms with Crippen molar-refractivity contribution in [2.45, 2.75) is 25.7 Å². The molecule has 0 radical (unpaired) electrons. The third-order valence-electron chi connectivity index (χ3n) is 4.81. The van der Waals surface area contributed by atoms with E-state index < -0.39 is 0 Å². The maximum Gasteiger partial charge on any atom is 0.264 e. The number of benzene rings is 1. The largest absolute Gasteiger partial charge is 0.380 e. The van der Waals surface area contributed by atoms with Crippen LogP contribution in [-0.2, 0) is 4.74 Å². The maximum atomic E-state index is 12.6. The standard InChI is InChI=1S/C19H21NO2S/c1-13-10-17(23-18(13)19(21)20-8-2-3-9-20)15-6-4-14(5-7-15)16-11-22-12-16/h4-7,10,16H,2-3,8-9,11-12H2,1H3. The van der Waals surface area contributed by atoms with Crippen LogP contribution in [-0.4, -0.2) is 37.1 Å². The Kier molecular flexibility index (Phi) is 3.95. The first-order chi connectivity index (χ1) is 11.2. The van der Waals surface area contributed by atoms with Crippen LogP contribution in [0.25, 0.3) is 10.4 Å². The lowest BCUT2D eigenvalue weighted by Crippen LogP contribution is -2.27. The summed E-state index contributed by atoms with van der Waals surface area (Å²) in [6, 6.07) is 10.9. The van der Waals surface area contributed by atoms with Crippen LogP contribution in [0.5, 0.6) is 0 Å². The van der Waals surface area contributed by atoms with Crippen molar-refractivity contribution >= 4 is 17.2 Å². The molecule has 1 aromatic heterocycles. The second-order valence-corrected chi connectivity index (χ2v) is 7.53. The minimum Gasteiger partial charge on any atom is -0.380 e. The molecule has 0 N–H and O–H groups in total. The number of aryl methyl sites for hydroxylation is 1. The predicted molar refractivity (Wildman–Crippen MR) is 93.2 cm³/mol. The topological polar surface area (TPSA) is 29.5 Å². The van der Waals surface area contributed by atoms with Crippen molar-refractivity contribution in [1.29, 1.82) is 0 Å². The van der Waals surface area contributed by atoms with E-state index in [-0.39, 0.29) is 5.91 Å². The highest BCUT2D eigenvalue weighted by Crippen LogP contribution is 2.34. The first kappa shape index (κ1) is 14.9. The summed E-state index contributed by atoms with van der Waals surface area (Å²) < 4.78 is 5.26. The molecule has 4 heteroatoms. The van der Waals surface area contributed by atoms with Gasteiger partial charge in [0.05, 0.1) is 18.1 Å². The molecule has 1 amide bonds. The smallest absolute Gasteiger partial charge is 0.264 e. The highest BCUT2D eigenvalue weighted by atomic mass is 32.1. The summed E-state index contributed by atoms with van der Waals surface area (Å²) in [5.41, 5.74) is 3.64. The lowest BCUT2D eigenvalue weighted by Gasteiger charge is -2.26. The van der Waals surface area contributed by atoms with E-state index in [4.69, 9.17) is 4.74 Å². The van der Waals surface area contributed by atoms with Gasteiger partial charge in [-0.15, -0.1) is 11.3 Å². The molecule has 3 heterocycles. The number of thiophene rings is 1.